The average molecular weight is 341 g/mol. The van der Waals surface area contributed by atoms with Crippen LogP contribution in [0.5, 0.6) is 0 Å². The smallest absolute Gasteiger partial charge is 0.280 e. The zero-order valence-corrected chi connectivity index (χ0v) is 11.7. The SMILES string of the molecule is O=S(=O)(CCl)Nc1cc(C(F)(F)F)ccc1-n1cncn1. The standard InChI is InChI=1S/C10H8ClF3N4O2S/c11-4-21(19,20)17-8-3-7(10(12,13)14)1-2-9(8)18-6-15-5-16-18/h1-3,5-6,17H,4H2. The summed E-state index contributed by atoms with van der Waals surface area (Å²) < 4.78 is 64.2. The number of hydrogen-bond donors (Lipinski definition) is 1. The Hall–Kier alpha value is -1.81. The van der Waals surface area contributed by atoms with E-state index in [9.17, 15) is 21.6 Å². The van der Waals surface area contributed by atoms with Crippen LogP contribution in [0.3, 0.4) is 0 Å². The summed E-state index contributed by atoms with van der Waals surface area (Å²) in [5.74, 6) is 0. The lowest BCUT2D eigenvalue weighted by Gasteiger charge is -2.14. The van der Waals surface area contributed by atoms with Gasteiger partial charge < -0.3 is 0 Å². The Morgan fingerprint density at radius 1 is 1.33 bits per heavy atom. The van der Waals surface area contributed by atoms with Crippen molar-refractivity contribution in [3.05, 3.63) is 36.4 Å². The van der Waals surface area contributed by atoms with Crippen LogP contribution in [0.2, 0.25) is 0 Å². The van der Waals surface area contributed by atoms with Gasteiger partial charge in [-0.3, -0.25) is 4.72 Å². The summed E-state index contributed by atoms with van der Waals surface area (Å²) in [5.41, 5.74) is -1.20. The van der Waals surface area contributed by atoms with Gasteiger partial charge in [-0.15, -0.1) is 11.6 Å². The first-order chi connectivity index (χ1) is 9.73. The second-order valence-electron chi connectivity index (χ2n) is 3.90. The van der Waals surface area contributed by atoms with E-state index in [1.807, 2.05) is 4.72 Å². The molecule has 0 amide bonds. The maximum Gasteiger partial charge on any atom is 0.416 e. The van der Waals surface area contributed by atoms with E-state index < -0.39 is 27.0 Å². The predicted molar refractivity (Wildman–Crippen MR) is 69.6 cm³/mol. The van der Waals surface area contributed by atoms with Gasteiger partial charge in [0, 0.05) is 0 Å². The number of benzene rings is 1. The van der Waals surface area contributed by atoms with Crippen molar-refractivity contribution in [2.45, 2.75) is 6.18 Å². The van der Waals surface area contributed by atoms with Crippen LogP contribution in [0.4, 0.5) is 18.9 Å². The number of anilines is 1. The normalized spacial score (nSPS) is 12.4. The fourth-order valence-corrected chi connectivity index (χ4v) is 2.24. The van der Waals surface area contributed by atoms with E-state index in [0.717, 1.165) is 23.1 Å². The molecule has 0 spiro atoms. The zero-order valence-electron chi connectivity index (χ0n) is 10.2. The summed E-state index contributed by atoms with van der Waals surface area (Å²) in [5, 5.41) is 2.96. The second-order valence-corrected chi connectivity index (χ2v) is 6.20. The molecule has 1 heterocycles. The molecule has 114 valence electrons. The lowest BCUT2D eigenvalue weighted by molar-refractivity contribution is -0.137. The quantitative estimate of drug-likeness (QED) is 0.866. The molecule has 0 saturated heterocycles. The monoisotopic (exact) mass is 340 g/mol. The minimum atomic E-state index is -4.61. The van der Waals surface area contributed by atoms with Gasteiger partial charge >= 0.3 is 6.18 Å². The molecule has 11 heteroatoms. The minimum Gasteiger partial charge on any atom is -0.280 e. The van der Waals surface area contributed by atoms with Crippen LogP contribution in [0.25, 0.3) is 5.69 Å². The van der Waals surface area contributed by atoms with Gasteiger partial charge in [-0.1, -0.05) is 0 Å². The lowest BCUT2D eigenvalue weighted by Crippen LogP contribution is -2.16. The number of nitrogens with one attached hydrogen (secondary N) is 1. The van der Waals surface area contributed by atoms with E-state index in [1.165, 1.54) is 6.33 Å². The van der Waals surface area contributed by atoms with Gasteiger partial charge in [-0.2, -0.15) is 18.3 Å². The third kappa shape index (κ3) is 3.64. The Morgan fingerprint density at radius 2 is 2.05 bits per heavy atom. The highest BCUT2D eigenvalue weighted by atomic mass is 35.5. The Kier molecular flexibility index (Phi) is 4.10. The summed E-state index contributed by atoms with van der Waals surface area (Å²) in [6, 6.07) is 2.57. The maximum atomic E-state index is 12.7. The second kappa shape index (κ2) is 5.53. The molecule has 0 fully saturated rings. The van der Waals surface area contributed by atoms with E-state index in [-0.39, 0.29) is 11.4 Å². The predicted octanol–water partition coefficient (Wildman–Crippen LogP) is 2.22. The van der Waals surface area contributed by atoms with Crippen LogP contribution < -0.4 is 4.72 Å². The number of aromatic nitrogens is 3. The van der Waals surface area contributed by atoms with Gasteiger partial charge in [0.2, 0.25) is 10.0 Å². The van der Waals surface area contributed by atoms with E-state index in [4.69, 9.17) is 11.6 Å². The van der Waals surface area contributed by atoms with Crippen molar-refractivity contribution >= 4 is 27.3 Å². The molecule has 21 heavy (non-hydrogen) atoms. The van der Waals surface area contributed by atoms with Crippen molar-refractivity contribution in [1.29, 1.82) is 0 Å². The van der Waals surface area contributed by atoms with Crippen molar-refractivity contribution in [3.8, 4) is 5.69 Å². The summed E-state index contributed by atoms with van der Waals surface area (Å²) in [4.78, 5) is 3.65. The lowest BCUT2D eigenvalue weighted by atomic mass is 10.1. The topological polar surface area (TPSA) is 76.9 Å². The van der Waals surface area contributed by atoms with Crippen LogP contribution >= 0.6 is 11.6 Å². The molecule has 0 saturated carbocycles. The fraction of sp³-hybridized carbons (Fsp3) is 0.200. The molecule has 1 aromatic carbocycles. The first kappa shape index (κ1) is 15.6. The molecule has 0 bridgehead atoms. The summed E-state index contributed by atoms with van der Waals surface area (Å²) in [6.07, 6.45) is -2.22. The van der Waals surface area contributed by atoms with Gasteiger partial charge in [0.1, 0.15) is 17.9 Å². The summed E-state index contributed by atoms with van der Waals surface area (Å²) >= 11 is 5.24. The third-order valence-electron chi connectivity index (χ3n) is 2.40. The van der Waals surface area contributed by atoms with E-state index >= 15 is 0 Å². The van der Waals surface area contributed by atoms with Crippen molar-refractivity contribution in [2.24, 2.45) is 0 Å². The minimum absolute atomic E-state index is 0.0918. The number of alkyl halides is 4. The molecule has 6 nitrogen and oxygen atoms in total. The summed E-state index contributed by atoms with van der Waals surface area (Å²) in [6.45, 7) is 0. The highest BCUT2D eigenvalue weighted by Gasteiger charge is 2.31. The Bertz CT molecular complexity index is 731. The molecule has 0 aliphatic rings. The molecule has 0 aliphatic heterocycles. The fourth-order valence-electron chi connectivity index (χ4n) is 1.52. The molecule has 1 N–H and O–H groups in total. The number of nitrogens with zero attached hydrogens (tertiary/aromatic N) is 3. The molecule has 0 unspecified atom stereocenters. The van der Waals surface area contributed by atoms with Crippen LogP contribution in [-0.2, 0) is 16.2 Å². The van der Waals surface area contributed by atoms with Crippen molar-refractivity contribution in [1.82, 2.24) is 14.8 Å². The highest BCUT2D eigenvalue weighted by Crippen LogP contribution is 2.33. The van der Waals surface area contributed by atoms with Gasteiger partial charge in [0.15, 0.2) is 0 Å². The first-order valence-electron chi connectivity index (χ1n) is 5.35. The maximum absolute atomic E-state index is 12.7. The Labute approximate surface area is 122 Å². The number of hydrogen-bond acceptors (Lipinski definition) is 4. The first-order valence-corrected chi connectivity index (χ1v) is 7.54. The van der Waals surface area contributed by atoms with E-state index in [1.54, 1.807) is 0 Å². The molecular formula is C10H8ClF3N4O2S. The van der Waals surface area contributed by atoms with Gasteiger partial charge in [-0.25, -0.2) is 18.1 Å². The Balaban J connectivity index is 2.56. The van der Waals surface area contributed by atoms with Crippen LogP contribution in [0.15, 0.2) is 30.9 Å². The molecule has 0 radical (unpaired) electrons. The van der Waals surface area contributed by atoms with Crippen molar-refractivity contribution < 1.29 is 21.6 Å². The number of halogens is 4. The van der Waals surface area contributed by atoms with Gasteiger partial charge in [0.05, 0.1) is 16.9 Å². The Morgan fingerprint density at radius 3 is 2.57 bits per heavy atom. The van der Waals surface area contributed by atoms with Gasteiger partial charge in [0.25, 0.3) is 0 Å². The van der Waals surface area contributed by atoms with Crippen LogP contribution in [0, 0.1) is 0 Å². The van der Waals surface area contributed by atoms with Crippen molar-refractivity contribution in [2.75, 3.05) is 9.93 Å². The number of rotatable bonds is 4. The molecule has 0 atom stereocenters. The third-order valence-corrected chi connectivity index (χ3v) is 4.08. The van der Waals surface area contributed by atoms with Gasteiger partial charge in [-0.05, 0) is 18.2 Å². The number of sulfonamides is 1. The molecule has 2 rings (SSSR count). The van der Waals surface area contributed by atoms with Crippen LogP contribution in [0.1, 0.15) is 5.56 Å². The molecule has 2 aromatic rings. The highest BCUT2D eigenvalue weighted by molar-refractivity contribution is 7.93. The molecular weight excluding hydrogens is 333 g/mol. The summed E-state index contributed by atoms with van der Waals surface area (Å²) in [7, 11) is -3.96. The van der Waals surface area contributed by atoms with E-state index in [2.05, 4.69) is 10.1 Å². The average Bonchev–Trinajstić information content (AvgIpc) is 2.91. The van der Waals surface area contributed by atoms with Crippen molar-refractivity contribution in [3.63, 3.8) is 0 Å². The van der Waals surface area contributed by atoms with Crippen LogP contribution in [-0.4, -0.2) is 28.4 Å². The largest absolute Gasteiger partial charge is 0.416 e. The molecule has 0 aliphatic carbocycles. The zero-order chi connectivity index (χ0) is 15.7. The van der Waals surface area contributed by atoms with E-state index in [0.29, 0.717) is 6.07 Å². The molecule has 1 aromatic heterocycles.